The van der Waals surface area contributed by atoms with E-state index in [9.17, 15) is 0 Å². The van der Waals surface area contributed by atoms with E-state index in [-0.39, 0.29) is 0 Å². The maximum atomic E-state index is 5.29. The summed E-state index contributed by atoms with van der Waals surface area (Å²) in [6, 6.07) is 9.28. The fourth-order valence-corrected chi connectivity index (χ4v) is 2.11. The van der Waals surface area contributed by atoms with Gasteiger partial charge in [0.15, 0.2) is 5.58 Å². The molecule has 2 heterocycles. The molecule has 3 aromatic rings. The Hall–Kier alpha value is -1.95. The number of fused-ring (bicyclic) bond motifs is 1. The lowest BCUT2D eigenvalue weighted by molar-refractivity contribution is 0.392. The number of halogens is 1. The van der Waals surface area contributed by atoms with E-state index in [1.807, 2.05) is 18.2 Å². The molecule has 0 atom stereocenters. The van der Waals surface area contributed by atoms with Gasteiger partial charge in [0, 0.05) is 6.07 Å². The van der Waals surface area contributed by atoms with Gasteiger partial charge in [0.25, 0.3) is 0 Å². The monoisotopic (exact) mass is 305 g/mol. The van der Waals surface area contributed by atoms with Gasteiger partial charge in [0.1, 0.15) is 11.4 Å². The van der Waals surface area contributed by atoms with Gasteiger partial charge in [-0.25, -0.2) is 0 Å². The van der Waals surface area contributed by atoms with Gasteiger partial charge in [-0.1, -0.05) is 11.2 Å². The van der Waals surface area contributed by atoms with Crippen molar-refractivity contribution in [3.8, 4) is 17.3 Å². The summed E-state index contributed by atoms with van der Waals surface area (Å²) < 4.78 is 11.1. The van der Waals surface area contributed by atoms with E-state index in [0.717, 1.165) is 9.86 Å². The molecule has 1 aromatic carbocycles. The molecular weight excluding hydrogens is 298 g/mol. The topological polar surface area (TPSA) is 61.0 Å². The summed E-state index contributed by atoms with van der Waals surface area (Å²) in [5.74, 6) is 0.465. The number of methoxy groups -OCH3 is 1. The predicted octanol–water partition coefficient (Wildman–Crippen LogP) is 3.06. The molecule has 3 rings (SSSR count). The lowest BCUT2D eigenvalue weighted by Gasteiger charge is -1.98. The minimum absolute atomic E-state index is 0.465. The zero-order valence-corrected chi connectivity index (χ0v) is 11.0. The summed E-state index contributed by atoms with van der Waals surface area (Å²) in [6.07, 6.45) is 0. The van der Waals surface area contributed by atoms with Gasteiger partial charge in [-0.3, -0.25) is 0 Å². The molecule has 0 N–H and O–H groups in total. The fraction of sp³-hybridized carbons (Fsp3) is 0.0833. The van der Waals surface area contributed by atoms with Crippen LogP contribution in [0.25, 0.3) is 22.4 Å². The highest BCUT2D eigenvalue weighted by Gasteiger charge is 2.13. The standard InChI is InChI=1S/C12H8BrN3O2/c1-17-10-6-5-9(14-15-10)11-7-3-2-4-8(13)12(7)18-16-11/h2-6H,1H3. The fourth-order valence-electron chi connectivity index (χ4n) is 1.67. The van der Waals surface area contributed by atoms with Gasteiger partial charge in [-0.2, -0.15) is 0 Å². The van der Waals surface area contributed by atoms with E-state index in [4.69, 9.17) is 9.26 Å². The summed E-state index contributed by atoms with van der Waals surface area (Å²) in [6.45, 7) is 0. The van der Waals surface area contributed by atoms with Crippen LogP contribution >= 0.6 is 15.9 Å². The minimum Gasteiger partial charge on any atom is -0.480 e. The van der Waals surface area contributed by atoms with Crippen LogP contribution in [0.15, 0.2) is 39.3 Å². The van der Waals surface area contributed by atoms with Gasteiger partial charge in [0.2, 0.25) is 5.88 Å². The normalized spacial score (nSPS) is 10.8. The third kappa shape index (κ3) is 1.74. The molecule has 0 aliphatic heterocycles. The molecule has 18 heavy (non-hydrogen) atoms. The van der Waals surface area contributed by atoms with Crippen LogP contribution in [0.2, 0.25) is 0 Å². The lowest BCUT2D eigenvalue weighted by atomic mass is 10.2. The van der Waals surface area contributed by atoms with Crippen molar-refractivity contribution >= 4 is 26.9 Å². The smallest absolute Gasteiger partial charge is 0.233 e. The number of rotatable bonds is 2. The van der Waals surface area contributed by atoms with Crippen LogP contribution in [0, 0.1) is 0 Å². The molecule has 0 bridgehead atoms. The first-order chi connectivity index (χ1) is 8.79. The largest absolute Gasteiger partial charge is 0.480 e. The Morgan fingerprint density at radius 1 is 1.17 bits per heavy atom. The molecule has 0 saturated heterocycles. The zero-order chi connectivity index (χ0) is 12.5. The van der Waals surface area contributed by atoms with E-state index < -0.39 is 0 Å². The summed E-state index contributed by atoms with van der Waals surface area (Å²) in [5, 5.41) is 12.9. The van der Waals surface area contributed by atoms with Crippen LogP contribution < -0.4 is 4.74 Å². The second kappa shape index (κ2) is 4.38. The summed E-state index contributed by atoms with van der Waals surface area (Å²) in [5.41, 5.74) is 2.01. The number of ether oxygens (including phenoxy) is 1. The second-order valence-corrected chi connectivity index (χ2v) is 4.46. The Bertz CT molecular complexity index is 694. The van der Waals surface area contributed by atoms with Crippen molar-refractivity contribution < 1.29 is 9.26 Å². The zero-order valence-electron chi connectivity index (χ0n) is 9.42. The van der Waals surface area contributed by atoms with Crippen LogP contribution in [-0.4, -0.2) is 22.5 Å². The first-order valence-corrected chi connectivity index (χ1v) is 6.01. The van der Waals surface area contributed by atoms with Gasteiger partial charge < -0.3 is 9.26 Å². The SMILES string of the molecule is COc1ccc(-c2noc3c(Br)cccc23)nn1. The third-order valence-electron chi connectivity index (χ3n) is 2.54. The highest BCUT2D eigenvalue weighted by molar-refractivity contribution is 9.10. The van der Waals surface area contributed by atoms with Crippen LogP contribution in [0.3, 0.4) is 0 Å². The van der Waals surface area contributed by atoms with Crippen LogP contribution in [0.5, 0.6) is 5.88 Å². The molecule has 0 unspecified atom stereocenters. The predicted molar refractivity (Wildman–Crippen MR) is 69.3 cm³/mol. The molecular formula is C12H8BrN3O2. The van der Waals surface area contributed by atoms with E-state index in [2.05, 4.69) is 31.3 Å². The molecule has 0 spiro atoms. The Balaban J connectivity index is 2.16. The van der Waals surface area contributed by atoms with Crippen molar-refractivity contribution in [1.82, 2.24) is 15.4 Å². The maximum absolute atomic E-state index is 5.29. The Morgan fingerprint density at radius 3 is 2.78 bits per heavy atom. The molecule has 0 aliphatic carbocycles. The molecule has 0 saturated carbocycles. The number of hydrogen-bond donors (Lipinski definition) is 0. The van der Waals surface area contributed by atoms with E-state index in [1.54, 1.807) is 19.2 Å². The van der Waals surface area contributed by atoms with Crippen molar-refractivity contribution in [2.24, 2.45) is 0 Å². The lowest BCUT2D eigenvalue weighted by Crippen LogP contribution is -1.92. The quantitative estimate of drug-likeness (QED) is 0.728. The maximum Gasteiger partial charge on any atom is 0.233 e. The first-order valence-electron chi connectivity index (χ1n) is 5.21. The highest BCUT2D eigenvalue weighted by atomic mass is 79.9. The molecule has 6 heteroatoms. The molecule has 0 amide bonds. The van der Waals surface area contributed by atoms with Crippen molar-refractivity contribution in [2.75, 3.05) is 7.11 Å². The minimum atomic E-state index is 0.465. The van der Waals surface area contributed by atoms with Crippen molar-refractivity contribution in [1.29, 1.82) is 0 Å². The van der Waals surface area contributed by atoms with E-state index in [0.29, 0.717) is 22.9 Å². The third-order valence-corrected chi connectivity index (χ3v) is 3.17. The van der Waals surface area contributed by atoms with Crippen LogP contribution in [-0.2, 0) is 0 Å². The van der Waals surface area contributed by atoms with Crippen molar-refractivity contribution in [3.63, 3.8) is 0 Å². The molecule has 90 valence electrons. The second-order valence-electron chi connectivity index (χ2n) is 3.61. The summed E-state index contributed by atoms with van der Waals surface area (Å²) in [4.78, 5) is 0. The number of aromatic nitrogens is 3. The molecule has 0 aliphatic rings. The molecule has 0 radical (unpaired) electrons. The first kappa shape index (κ1) is 11.2. The number of para-hydroxylation sites is 1. The van der Waals surface area contributed by atoms with E-state index >= 15 is 0 Å². The average Bonchev–Trinajstić information content (AvgIpc) is 2.84. The van der Waals surface area contributed by atoms with Gasteiger partial charge in [-0.05, 0) is 34.1 Å². The molecule has 2 aromatic heterocycles. The Kier molecular flexibility index (Phi) is 2.71. The van der Waals surface area contributed by atoms with E-state index in [1.165, 1.54) is 0 Å². The number of hydrogen-bond acceptors (Lipinski definition) is 5. The van der Waals surface area contributed by atoms with Gasteiger partial charge in [-0.15, -0.1) is 10.2 Å². The van der Waals surface area contributed by atoms with Gasteiger partial charge >= 0.3 is 0 Å². The van der Waals surface area contributed by atoms with Crippen molar-refractivity contribution in [2.45, 2.75) is 0 Å². The Labute approximate surface area is 111 Å². The van der Waals surface area contributed by atoms with Crippen LogP contribution in [0.4, 0.5) is 0 Å². The summed E-state index contributed by atoms with van der Waals surface area (Å²) >= 11 is 3.42. The number of nitrogens with zero attached hydrogens (tertiary/aromatic N) is 3. The molecule has 0 fully saturated rings. The van der Waals surface area contributed by atoms with Crippen molar-refractivity contribution in [3.05, 3.63) is 34.8 Å². The summed E-state index contributed by atoms with van der Waals surface area (Å²) in [7, 11) is 1.55. The van der Waals surface area contributed by atoms with Gasteiger partial charge in [0.05, 0.1) is 17.0 Å². The average molecular weight is 306 g/mol. The number of benzene rings is 1. The Morgan fingerprint density at radius 2 is 2.06 bits per heavy atom. The molecule has 5 nitrogen and oxygen atoms in total. The van der Waals surface area contributed by atoms with Crippen LogP contribution in [0.1, 0.15) is 0 Å². The highest BCUT2D eigenvalue weighted by Crippen LogP contribution is 2.31.